The standard InChI is InChI=1S/C12H15NO2/c1-8-2-4-9(5-3-8)12(11(14)15)6-10(12)7-13/h2-5,10H,6-7,13H2,1H3,(H,14,15). The zero-order valence-electron chi connectivity index (χ0n) is 8.73. The molecular weight excluding hydrogens is 190 g/mol. The van der Waals surface area contributed by atoms with Crippen LogP contribution in [0.2, 0.25) is 0 Å². The van der Waals surface area contributed by atoms with Crippen molar-refractivity contribution in [3.63, 3.8) is 0 Å². The molecular formula is C12H15NO2. The zero-order chi connectivity index (χ0) is 11.1. The van der Waals surface area contributed by atoms with Crippen molar-refractivity contribution in [3.05, 3.63) is 35.4 Å². The molecule has 2 rings (SSSR count). The Kier molecular flexibility index (Phi) is 2.27. The van der Waals surface area contributed by atoms with Crippen LogP contribution in [0.5, 0.6) is 0 Å². The van der Waals surface area contributed by atoms with Crippen LogP contribution >= 0.6 is 0 Å². The highest BCUT2D eigenvalue weighted by atomic mass is 16.4. The van der Waals surface area contributed by atoms with Gasteiger partial charge in [-0.2, -0.15) is 0 Å². The Morgan fingerprint density at radius 1 is 1.53 bits per heavy atom. The van der Waals surface area contributed by atoms with E-state index in [4.69, 9.17) is 5.73 Å². The maximum Gasteiger partial charge on any atom is 0.314 e. The first-order valence-electron chi connectivity index (χ1n) is 5.12. The van der Waals surface area contributed by atoms with E-state index in [1.165, 1.54) is 0 Å². The molecule has 0 aromatic heterocycles. The number of rotatable bonds is 3. The fourth-order valence-corrected chi connectivity index (χ4v) is 2.20. The molecule has 2 atom stereocenters. The molecule has 0 heterocycles. The summed E-state index contributed by atoms with van der Waals surface area (Å²) in [6, 6.07) is 7.70. The first-order chi connectivity index (χ1) is 7.11. The Labute approximate surface area is 88.9 Å². The SMILES string of the molecule is Cc1ccc(C2(C(=O)O)CC2CN)cc1. The Morgan fingerprint density at radius 3 is 2.53 bits per heavy atom. The Balaban J connectivity index is 2.36. The van der Waals surface area contributed by atoms with Crippen molar-refractivity contribution in [1.82, 2.24) is 0 Å². The lowest BCUT2D eigenvalue weighted by molar-refractivity contribution is -0.140. The number of hydrogen-bond donors (Lipinski definition) is 2. The molecule has 1 saturated carbocycles. The van der Waals surface area contributed by atoms with Crippen LogP contribution in [0, 0.1) is 12.8 Å². The summed E-state index contributed by atoms with van der Waals surface area (Å²) < 4.78 is 0. The Hall–Kier alpha value is -1.35. The summed E-state index contributed by atoms with van der Waals surface area (Å²) in [4.78, 5) is 11.3. The highest BCUT2D eigenvalue weighted by Crippen LogP contribution is 2.53. The van der Waals surface area contributed by atoms with Crippen molar-refractivity contribution in [1.29, 1.82) is 0 Å². The number of carbonyl (C=O) groups is 1. The van der Waals surface area contributed by atoms with Gasteiger partial charge in [-0.3, -0.25) is 4.79 Å². The van der Waals surface area contributed by atoms with E-state index in [2.05, 4.69) is 0 Å². The maximum absolute atomic E-state index is 11.3. The van der Waals surface area contributed by atoms with Gasteiger partial charge in [0.2, 0.25) is 0 Å². The van der Waals surface area contributed by atoms with Gasteiger partial charge < -0.3 is 10.8 Å². The van der Waals surface area contributed by atoms with Gasteiger partial charge in [-0.1, -0.05) is 29.8 Å². The van der Waals surface area contributed by atoms with E-state index in [0.717, 1.165) is 11.1 Å². The highest BCUT2D eigenvalue weighted by molar-refractivity contribution is 5.86. The second-order valence-corrected chi connectivity index (χ2v) is 4.28. The van der Waals surface area contributed by atoms with Crippen molar-refractivity contribution < 1.29 is 9.90 Å². The summed E-state index contributed by atoms with van der Waals surface area (Å²) in [5, 5.41) is 9.27. The van der Waals surface area contributed by atoms with Gasteiger partial charge >= 0.3 is 5.97 Å². The molecule has 0 bridgehead atoms. The summed E-state index contributed by atoms with van der Waals surface area (Å²) >= 11 is 0. The van der Waals surface area contributed by atoms with Crippen molar-refractivity contribution in [2.75, 3.05) is 6.54 Å². The van der Waals surface area contributed by atoms with E-state index < -0.39 is 11.4 Å². The third-order valence-electron chi connectivity index (χ3n) is 3.34. The average molecular weight is 205 g/mol. The Morgan fingerprint density at radius 2 is 2.13 bits per heavy atom. The number of benzene rings is 1. The van der Waals surface area contributed by atoms with Gasteiger partial charge in [-0.25, -0.2) is 0 Å². The molecule has 1 aromatic rings. The van der Waals surface area contributed by atoms with Crippen molar-refractivity contribution in [2.45, 2.75) is 18.8 Å². The van der Waals surface area contributed by atoms with Gasteiger partial charge in [0, 0.05) is 0 Å². The second-order valence-electron chi connectivity index (χ2n) is 4.28. The van der Waals surface area contributed by atoms with Gasteiger partial charge in [0.25, 0.3) is 0 Å². The molecule has 1 aliphatic rings. The predicted octanol–water partition coefficient (Wildman–Crippen LogP) is 1.30. The fourth-order valence-electron chi connectivity index (χ4n) is 2.20. The normalized spacial score (nSPS) is 28.8. The minimum atomic E-state index is -0.748. The molecule has 0 amide bonds. The molecule has 3 N–H and O–H groups in total. The molecule has 1 aliphatic carbocycles. The van der Waals surface area contributed by atoms with E-state index in [9.17, 15) is 9.90 Å². The first-order valence-corrected chi connectivity index (χ1v) is 5.12. The van der Waals surface area contributed by atoms with Crippen LogP contribution in [0.3, 0.4) is 0 Å². The molecule has 80 valence electrons. The van der Waals surface area contributed by atoms with Gasteiger partial charge in [0.05, 0.1) is 5.41 Å². The summed E-state index contributed by atoms with van der Waals surface area (Å²) in [5.41, 5.74) is 6.87. The number of aliphatic carboxylic acids is 1. The number of carboxylic acids is 1. The van der Waals surface area contributed by atoms with Crippen LogP contribution in [0.15, 0.2) is 24.3 Å². The third kappa shape index (κ3) is 1.43. The molecule has 0 spiro atoms. The zero-order valence-corrected chi connectivity index (χ0v) is 8.73. The van der Waals surface area contributed by atoms with Gasteiger partial charge in [-0.05, 0) is 31.4 Å². The van der Waals surface area contributed by atoms with Crippen molar-refractivity contribution in [2.24, 2.45) is 11.7 Å². The number of carboxylic acid groups (broad SMARTS) is 1. The molecule has 15 heavy (non-hydrogen) atoms. The van der Waals surface area contributed by atoms with Crippen LogP contribution in [0.1, 0.15) is 17.5 Å². The van der Waals surface area contributed by atoms with Crippen LogP contribution in [0.25, 0.3) is 0 Å². The number of nitrogens with two attached hydrogens (primary N) is 1. The van der Waals surface area contributed by atoms with Gasteiger partial charge in [0.1, 0.15) is 0 Å². The quantitative estimate of drug-likeness (QED) is 0.781. The van der Waals surface area contributed by atoms with E-state index in [-0.39, 0.29) is 5.92 Å². The van der Waals surface area contributed by atoms with Crippen molar-refractivity contribution in [3.8, 4) is 0 Å². The van der Waals surface area contributed by atoms with Crippen LogP contribution in [-0.4, -0.2) is 17.6 Å². The number of hydrogen-bond acceptors (Lipinski definition) is 2. The van der Waals surface area contributed by atoms with E-state index in [1.807, 2.05) is 31.2 Å². The second kappa shape index (κ2) is 3.35. The maximum atomic E-state index is 11.3. The average Bonchev–Trinajstić information content (AvgIpc) is 2.94. The van der Waals surface area contributed by atoms with Crippen molar-refractivity contribution >= 4 is 5.97 Å². The summed E-state index contributed by atoms with van der Waals surface area (Å²) in [6.07, 6.45) is 0.669. The van der Waals surface area contributed by atoms with Gasteiger partial charge in [-0.15, -0.1) is 0 Å². The lowest BCUT2D eigenvalue weighted by Crippen LogP contribution is -2.25. The topological polar surface area (TPSA) is 63.3 Å². The largest absolute Gasteiger partial charge is 0.481 e. The molecule has 0 saturated heterocycles. The molecule has 3 nitrogen and oxygen atoms in total. The molecule has 0 aliphatic heterocycles. The van der Waals surface area contributed by atoms with Crippen LogP contribution in [-0.2, 0) is 10.2 Å². The molecule has 1 aromatic carbocycles. The highest BCUT2D eigenvalue weighted by Gasteiger charge is 2.60. The summed E-state index contributed by atoms with van der Waals surface area (Å²) in [5.74, 6) is -0.653. The predicted molar refractivity (Wildman–Crippen MR) is 57.7 cm³/mol. The number of aryl methyl sites for hydroxylation is 1. The minimum Gasteiger partial charge on any atom is -0.481 e. The molecule has 3 heteroatoms. The summed E-state index contributed by atoms with van der Waals surface area (Å²) in [7, 11) is 0. The summed E-state index contributed by atoms with van der Waals surface area (Å²) in [6.45, 7) is 2.44. The lowest BCUT2D eigenvalue weighted by Gasteiger charge is -2.12. The van der Waals surface area contributed by atoms with Crippen LogP contribution < -0.4 is 5.73 Å². The van der Waals surface area contributed by atoms with E-state index in [1.54, 1.807) is 0 Å². The smallest absolute Gasteiger partial charge is 0.314 e. The molecule has 2 unspecified atom stereocenters. The minimum absolute atomic E-state index is 0.0951. The lowest BCUT2D eigenvalue weighted by atomic mass is 9.92. The Bertz CT molecular complexity index is 385. The molecule has 1 fully saturated rings. The van der Waals surface area contributed by atoms with E-state index in [0.29, 0.717) is 13.0 Å². The molecule has 0 radical (unpaired) electrons. The van der Waals surface area contributed by atoms with E-state index >= 15 is 0 Å². The van der Waals surface area contributed by atoms with Gasteiger partial charge in [0.15, 0.2) is 0 Å². The first kappa shape index (κ1) is 10.2. The third-order valence-corrected chi connectivity index (χ3v) is 3.34. The fraction of sp³-hybridized carbons (Fsp3) is 0.417. The van der Waals surface area contributed by atoms with Crippen LogP contribution in [0.4, 0.5) is 0 Å². The monoisotopic (exact) mass is 205 g/mol.